The quantitative estimate of drug-likeness (QED) is 0.939. The van der Waals surface area contributed by atoms with Gasteiger partial charge in [-0.25, -0.2) is 23.5 Å². The van der Waals surface area contributed by atoms with E-state index in [4.69, 9.17) is 5.11 Å². The number of rotatable bonds is 4. The van der Waals surface area contributed by atoms with Gasteiger partial charge in [-0.2, -0.15) is 0 Å². The molecule has 0 aliphatic rings. The molecule has 1 aromatic heterocycles. The van der Waals surface area contributed by atoms with Crippen LogP contribution in [0.15, 0.2) is 24.4 Å². The molecule has 0 radical (unpaired) electrons. The Balaban J connectivity index is 2.36. The SMILES string of the molecule is Cc1cc(C)cc(Cc2ncc(C(=O)O)c(C(F)F)n2)c1. The first-order valence-electron chi connectivity index (χ1n) is 6.31. The van der Waals surface area contributed by atoms with Gasteiger partial charge in [0, 0.05) is 12.6 Å². The number of hydrogen-bond donors (Lipinski definition) is 1. The fourth-order valence-corrected chi connectivity index (χ4v) is 2.20. The van der Waals surface area contributed by atoms with Crippen LogP contribution in [0.1, 0.15) is 45.0 Å². The summed E-state index contributed by atoms with van der Waals surface area (Å²) in [5.41, 5.74) is 1.71. The van der Waals surface area contributed by atoms with Gasteiger partial charge in [-0.15, -0.1) is 0 Å². The average molecular weight is 292 g/mol. The zero-order valence-electron chi connectivity index (χ0n) is 11.6. The number of aryl methyl sites for hydroxylation is 2. The van der Waals surface area contributed by atoms with E-state index in [2.05, 4.69) is 9.97 Å². The van der Waals surface area contributed by atoms with Gasteiger partial charge in [-0.05, 0) is 19.4 Å². The number of aromatic carboxylic acids is 1. The van der Waals surface area contributed by atoms with Crippen molar-refractivity contribution in [2.45, 2.75) is 26.7 Å². The third-order valence-corrected chi connectivity index (χ3v) is 2.95. The maximum atomic E-state index is 12.9. The fourth-order valence-electron chi connectivity index (χ4n) is 2.20. The van der Waals surface area contributed by atoms with Gasteiger partial charge in [0.1, 0.15) is 17.1 Å². The lowest BCUT2D eigenvalue weighted by molar-refractivity contribution is 0.0681. The van der Waals surface area contributed by atoms with E-state index in [1.165, 1.54) is 0 Å². The summed E-state index contributed by atoms with van der Waals surface area (Å²) in [4.78, 5) is 18.5. The summed E-state index contributed by atoms with van der Waals surface area (Å²) in [6.45, 7) is 3.88. The monoisotopic (exact) mass is 292 g/mol. The van der Waals surface area contributed by atoms with Crippen LogP contribution < -0.4 is 0 Å². The minimum atomic E-state index is -2.95. The van der Waals surface area contributed by atoms with Crippen LogP contribution in [0.25, 0.3) is 0 Å². The van der Waals surface area contributed by atoms with Crippen molar-refractivity contribution in [1.29, 1.82) is 0 Å². The normalized spacial score (nSPS) is 10.9. The van der Waals surface area contributed by atoms with Crippen molar-refractivity contribution in [3.63, 3.8) is 0 Å². The molecular formula is C15H14F2N2O2. The van der Waals surface area contributed by atoms with Crippen LogP contribution in [0.4, 0.5) is 8.78 Å². The van der Waals surface area contributed by atoms with Gasteiger partial charge in [-0.3, -0.25) is 0 Å². The molecule has 0 spiro atoms. The number of nitrogens with zero attached hydrogens (tertiary/aromatic N) is 2. The third-order valence-electron chi connectivity index (χ3n) is 2.95. The van der Waals surface area contributed by atoms with Gasteiger partial charge < -0.3 is 5.11 Å². The summed E-state index contributed by atoms with van der Waals surface area (Å²) in [6, 6.07) is 5.84. The molecule has 1 heterocycles. The van der Waals surface area contributed by atoms with E-state index in [-0.39, 0.29) is 12.2 Å². The van der Waals surface area contributed by atoms with Gasteiger partial charge in [0.05, 0.1) is 0 Å². The van der Waals surface area contributed by atoms with Crippen molar-refractivity contribution in [3.05, 3.63) is 58.2 Å². The molecule has 0 saturated carbocycles. The van der Waals surface area contributed by atoms with Crippen molar-refractivity contribution < 1.29 is 18.7 Å². The van der Waals surface area contributed by atoms with Crippen LogP contribution in [0.5, 0.6) is 0 Å². The summed E-state index contributed by atoms with van der Waals surface area (Å²) >= 11 is 0. The second-order valence-corrected chi connectivity index (χ2v) is 4.86. The summed E-state index contributed by atoms with van der Waals surface area (Å²) in [5.74, 6) is -1.27. The maximum absolute atomic E-state index is 12.9. The Morgan fingerprint density at radius 3 is 2.38 bits per heavy atom. The van der Waals surface area contributed by atoms with E-state index in [1.54, 1.807) is 0 Å². The highest BCUT2D eigenvalue weighted by atomic mass is 19.3. The van der Waals surface area contributed by atoms with E-state index in [0.29, 0.717) is 0 Å². The Bertz CT molecular complexity index is 667. The lowest BCUT2D eigenvalue weighted by Gasteiger charge is -2.08. The molecule has 0 amide bonds. The molecule has 0 unspecified atom stereocenters. The maximum Gasteiger partial charge on any atom is 0.339 e. The van der Waals surface area contributed by atoms with Gasteiger partial charge in [0.2, 0.25) is 0 Å². The molecule has 2 rings (SSSR count). The van der Waals surface area contributed by atoms with E-state index in [0.717, 1.165) is 22.9 Å². The van der Waals surface area contributed by atoms with E-state index < -0.39 is 23.7 Å². The predicted octanol–water partition coefficient (Wildman–Crippen LogP) is 3.32. The molecule has 4 nitrogen and oxygen atoms in total. The molecule has 1 aromatic carbocycles. The van der Waals surface area contributed by atoms with Gasteiger partial charge in [0.25, 0.3) is 6.43 Å². The summed E-state index contributed by atoms with van der Waals surface area (Å²) in [7, 11) is 0. The van der Waals surface area contributed by atoms with Crippen LogP contribution in [0, 0.1) is 13.8 Å². The van der Waals surface area contributed by atoms with Crippen LogP contribution in [0.2, 0.25) is 0 Å². The van der Waals surface area contributed by atoms with E-state index >= 15 is 0 Å². The van der Waals surface area contributed by atoms with Crippen molar-refractivity contribution in [3.8, 4) is 0 Å². The van der Waals surface area contributed by atoms with E-state index in [9.17, 15) is 13.6 Å². The van der Waals surface area contributed by atoms with Crippen molar-refractivity contribution in [1.82, 2.24) is 9.97 Å². The highest BCUT2D eigenvalue weighted by Gasteiger charge is 2.21. The molecule has 0 aliphatic carbocycles. The highest BCUT2D eigenvalue weighted by Crippen LogP contribution is 2.21. The van der Waals surface area contributed by atoms with Crippen LogP contribution >= 0.6 is 0 Å². The number of alkyl halides is 2. The van der Waals surface area contributed by atoms with Crippen LogP contribution in [-0.4, -0.2) is 21.0 Å². The first-order chi connectivity index (χ1) is 9.86. The van der Waals surface area contributed by atoms with Crippen LogP contribution in [0.3, 0.4) is 0 Å². The fraction of sp³-hybridized carbons (Fsp3) is 0.267. The molecule has 0 fully saturated rings. The zero-order chi connectivity index (χ0) is 15.6. The van der Waals surface area contributed by atoms with Crippen LogP contribution in [-0.2, 0) is 6.42 Å². The number of benzene rings is 1. The summed E-state index contributed by atoms with van der Waals surface area (Å²) in [5, 5.41) is 8.85. The average Bonchev–Trinajstić information content (AvgIpc) is 2.36. The van der Waals surface area contributed by atoms with Gasteiger partial charge in [0.15, 0.2) is 0 Å². The lowest BCUT2D eigenvalue weighted by atomic mass is 10.0. The minimum Gasteiger partial charge on any atom is -0.478 e. The Morgan fingerprint density at radius 1 is 1.24 bits per heavy atom. The second-order valence-electron chi connectivity index (χ2n) is 4.86. The second kappa shape index (κ2) is 5.95. The molecule has 6 heteroatoms. The zero-order valence-corrected chi connectivity index (χ0v) is 11.6. The first-order valence-corrected chi connectivity index (χ1v) is 6.31. The summed E-state index contributed by atoms with van der Waals surface area (Å²) < 4.78 is 25.8. The standard InChI is InChI=1S/C15H14F2N2O2/c1-8-3-9(2)5-10(4-8)6-12-18-7-11(15(20)21)13(19-12)14(16)17/h3-5,7,14H,6H2,1-2H3,(H,20,21). The number of carboxylic acids is 1. The Labute approximate surface area is 120 Å². The topological polar surface area (TPSA) is 63.1 Å². The molecule has 2 aromatic rings. The number of aromatic nitrogens is 2. The number of carboxylic acid groups (broad SMARTS) is 1. The highest BCUT2D eigenvalue weighted by molar-refractivity contribution is 5.88. The largest absolute Gasteiger partial charge is 0.478 e. The van der Waals surface area contributed by atoms with Gasteiger partial charge >= 0.3 is 5.97 Å². The summed E-state index contributed by atoms with van der Waals surface area (Å²) in [6.07, 6.45) is -1.73. The molecule has 0 saturated heterocycles. The molecule has 21 heavy (non-hydrogen) atoms. The molecule has 1 N–H and O–H groups in total. The molecular weight excluding hydrogens is 278 g/mol. The molecule has 0 aliphatic heterocycles. The van der Waals surface area contributed by atoms with Gasteiger partial charge in [-0.1, -0.05) is 29.3 Å². The number of hydrogen-bond acceptors (Lipinski definition) is 3. The lowest BCUT2D eigenvalue weighted by Crippen LogP contribution is -2.10. The number of halogens is 2. The molecule has 0 atom stereocenters. The van der Waals surface area contributed by atoms with Crippen molar-refractivity contribution in [2.24, 2.45) is 0 Å². The van der Waals surface area contributed by atoms with E-state index in [1.807, 2.05) is 32.0 Å². The third kappa shape index (κ3) is 3.59. The predicted molar refractivity (Wildman–Crippen MR) is 72.7 cm³/mol. The first kappa shape index (κ1) is 15.0. The van der Waals surface area contributed by atoms with Crippen molar-refractivity contribution >= 4 is 5.97 Å². The minimum absolute atomic E-state index is 0.181. The van der Waals surface area contributed by atoms with Crippen molar-refractivity contribution in [2.75, 3.05) is 0 Å². The molecule has 110 valence electrons. The Kier molecular flexibility index (Phi) is 4.26. The number of carbonyl (C=O) groups is 1. The molecule has 0 bridgehead atoms. The Morgan fingerprint density at radius 2 is 1.86 bits per heavy atom. The Hall–Kier alpha value is -2.37. The smallest absolute Gasteiger partial charge is 0.339 e.